The van der Waals surface area contributed by atoms with Crippen molar-refractivity contribution in [3.05, 3.63) is 185 Å². The highest BCUT2D eigenvalue weighted by atomic mass is 16.5. The van der Waals surface area contributed by atoms with Gasteiger partial charge in [0.05, 0.1) is 6.61 Å². The third-order valence-electron chi connectivity index (χ3n) is 9.58. The van der Waals surface area contributed by atoms with Crippen LogP contribution < -0.4 is 4.90 Å². The summed E-state index contributed by atoms with van der Waals surface area (Å²) in [6, 6.07) is 50.0. The Hall–Kier alpha value is -6.41. The second kappa shape index (κ2) is 15.9. The lowest BCUT2D eigenvalue weighted by Gasteiger charge is -2.36. The highest BCUT2D eigenvalue weighted by Gasteiger charge is 2.42. The van der Waals surface area contributed by atoms with Crippen LogP contribution in [-0.2, 0) is 16.8 Å². The number of carbonyl (C=O) groups is 1. The average molecular weight is 699 g/mol. The molecule has 0 aliphatic heterocycles. The maximum Gasteiger partial charge on any atom is 0.342 e. The molecule has 0 aliphatic rings. The van der Waals surface area contributed by atoms with Gasteiger partial charge in [-0.1, -0.05) is 146 Å². The summed E-state index contributed by atoms with van der Waals surface area (Å²) in [4.78, 5) is 19.8. The molecular weight excluding hydrogens is 657 g/mol. The minimum absolute atomic E-state index is 0.307. The van der Waals surface area contributed by atoms with E-state index < -0.39 is 5.54 Å². The van der Waals surface area contributed by atoms with Crippen LogP contribution in [0, 0.1) is 6.92 Å². The van der Waals surface area contributed by atoms with Crippen LogP contribution in [0.15, 0.2) is 152 Å². The molecule has 0 N–H and O–H groups in total. The monoisotopic (exact) mass is 698 g/mol. The lowest BCUT2D eigenvalue weighted by Crippen LogP contribution is -2.39. The molecule has 264 valence electrons. The zero-order valence-corrected chi connectivity index (χ0v) is 30.3. The Morgan fingerprint density at radius 1 is 0.717 bits per heavy atom. The summed E-state index contributed by atoms with van der Waals surface area (Å²) in [5, 5.41) is 13.8. The second-order valence-corrected chi connectivity index (χ2v) is 12.9. The van der Waals surface area contributed by atoms with Gasteiger partial charge in [-0.3, -0.25) is 0 Å². The number of tetrazole rings is 1. The van der Waals surface area contributed by atoms with Crippen LogP contribution in [0.2, 0.25) is 0 Å². The summed E-state index contributed by atoms with van der Waals surface area (Å²) in [6.07, 6.45) is 2.65. The summed E-state index contributed by atoms with van der Waals surface area (Å²) in [5.74, 6) is 0.942. The number of carbonyl (C=O) groups excluding carboxylic acids is 1. The standard InChI is InChI=1S/C45H42N6O2/c1-4-31-50(43-41(44(52)53-5-2)33(3)29-30-46-43)32-34-25-27-35(28-26-34)39-23-15-16-24-40(39)42-47-48-49-51(42)45(36-17-9-6-10-18-36,37-19-11-7-12-20-37)38-21-13-8-14-22-38/h6-30H,4-5,31-32H2,1-3H3. The van der Waals surface area contributed by atoms with Gasteiger partial charge in [-0.15, -0.1) is 5.10 Å². The first-order valence-corrected chi connectivity index (χ1v) is 18.1. The quantitative estimate of drug-likeness (QED) is 0.0877. The van der Waals surface area contributed by atoms with Gasteiger partial charge in [-0.05, 0) is 75.7 Å². The Bertz CT molecular complexity index is 2180. The molecule has 8 nitrogen and oxygen atoms in total. The fraction of sp³-hybridized carbons (Fsp3) is 0.178. The number of aryl methyl sites for hydroxylation is 1. The highest BCUT2D eigenvalue weighted by Crippen LogP contribution is 2.43. The molecule has 0 bridgehead atoms. The van der Waals surface area contributed by atoms with Crippen LogP contribution in [-0.4, -0.2) is 44.3 Å². The van der Waals surface area contributed by atoms with Crippen molar-refractivity contribution in [2.24, 2.45) is 0 Å². The van der Waals surface area contributed by atoms with E-state index in [0.29, 0.717) is 30.4 Å². The molecular formula is C45H42N6O2. The number of rotatable bonds is 13. The van der Waals surface area contributed by atoms with Crippen molar-refractivity contribution < 1.29 is 9.53 Å². The van der Waals surface area contributed by atoms with E-state index in [0.717, 1.165) is 57.5 Å². The number of ether oxygens (including phenoxy) is 1. The first kappa shape index (κ1) is 35.0. The molecule has 0 unspecified atom stereocenters. The second-order valence-electron chi connectivity index (χ2n) is 12.9. The van der Waals surface area contributed by atoms with Gasteiger partial charge >= 0.3 is 5.97 Å². The van der Waals surface area contributed by atoms with Gasteiger partial charge in [0.2, 0.25) is 0 Å². The molecule has 7 aromatic rings. The van der Waals surface area contributed by atoms with E-state index in [1.807, 2.05) is 54.9 Å². The third-order valence-corrected chi connectivity index (χ3v) is 9.58. The summed E-state index contributed by atoms with van der Waals surface area (Å²) >= 11 is 0. The minimum Gasteiger partial charge on any atom is -0.462 e. The largest absolute Gasteiger partial charge is 0.462 e. The van der Waals surface area contributed by atoms with E-state index in [2.05, 4.69) is 131 Å². The zero-order chi connectivity index (χ0) is 36.6. The number of hydrogen-bond acceptors (Lipinski definition) is 7. The Morgan fingerprint density at radius 3 is 1.85 bits per heavy atom. The Morgan fingerprint density at radius 2 is 1.28 bits per heavy atom. The van der Waals surface area contributed by atoms with Crippen LogP contribution in [0.5, 0.6) is 0 Å². The number of hydrogen-bond donors (Lipinski definition) is 0. The van der Waals surface area contributed by atoms with Crippen molar-refractivity contribution in [1.82, 2.24) is 25.2 Å². The van der Waals surface area contributed by atoms with Crippen LogP contribution in [0.1, 0.15) is 58.4 Å². The molecule has 0 fully saturated rings. The van der Waals surface area contributed by atoms with Crippen molar-refractivity contribution in [2.75, 3.05) is 18.1 Å². The first-order valence-electron chi connectivity index (χ1n) is 18.1. The van der Waals surface area contributed by atoms with Crippen LogP contribution in [0.3, 0.4) is 0 Å². The van der Waals surface area contributed by atoms with Gasteiger partial charge in [-0.25, -0.2) is 14.5 Å². The number of aromatic nitrogens is 5. The smallest absolute Gasteiger partial charge is 0.342 e. The predicted molar refractivity (Wildman–Crippen MR) is 210 cm³/mol. The first-order chi connectivity index (χ1) is 26.1. The van der Waals surface area contributed by atoms with Gasteiger partial charge in [0, 0.05) is 24.8 Å². The Labute approximate surface area is 310 Å². The fourth-order valence-corrected chi connectivity index (χ4v) is 7.19. The normalized spacial score (nSPS) is 11.3. The number of pyridine rings is 1. The van der Waals surface area contributed by atoms with Crippen molar-refractivity contribution in [3.63, 3.8) is 0 Å². The topological polar surface area (TPSA) is 86.0 Å². The van der Waals surface area contributed by atoms with Crippen molar-refractivity contribution in [1.29, 1.82) is 0 Å². The van der Waals surface area contributed by atoms with Crippen LogP contribution >= 0.6 is 0 Å². The van der Waals surface area contributed by atoms with E-state index in [9.17, 15) is 4.79 Å². The maximum atomic E-state index is 13.0. The molecule has 0 atom stereocenters. The van der Waals surface area contributed by atoms with Crippen molar-refractivity contribution in [3.8, 4) is 22.5 Å². The number of esters is 1. The summed E-state index contributed by atoms with van der Waals surface area (Å²) in [7, 11) is 0. The highest BCUT2D eigenvalue weighted by molar-refractivity contribution is 5.96. The lowest BCUT2D eigenvalue weighted by atomic mass is 9.77. The van der Waals surface area contributed by atoms with Gasteiger partial charge in [0.1, 0.15) is 16.9 Å². The molecule has 53 heavy (non-hydrogen) atoms. The van der Waals surface area contributed by atoms with Crippen molar-refractivity contribution >= 4 is 11.8 Å². The van der Waals surface area contributed by atoms with Crippen molar-refractivity contribution in [2.45, 2.75) is 39.3 Å². The van der Waals surface area contributed by atoms with Crippen LogP contribution in [0.25, 0.3) is 22.5 Å². The zero-order valence-electron chi connectivity index (χ0n) is 30.3. The van der Waals surface area contributed by atoms with E-state index in [-0.39, 0.29) is 5.97 Å². The lowest BCUT2D eigenvalue weighted by molar-refractivity contribution is 0.0525. The molecule has 2 aromatic heterocycles. The molecule has 0 saturated carbocycles. The number of anilines is 1. The van der Waals surface area contributed by atoms with Gasteiger partial charge in [0.25, 0.3) is 0 Å². The molecule has 2 heterocycles. The fourth-order valence-electron chi connectivity index (χ4n) is 7.19. The number of benzene rings is 5. The molecule has 7 rings (SSSR count). The maximum absolute atomic E-state index is 13.0. The van der Waals surface area contributed by atoms with E-state index in [1.54, 1.807) is 6.20 Å². The molecule has 8 heteroatoms. The Kier molecular flexibility index (Phi) is 10.5. The van der Waals surface area contributed by atoms with Gasteiger partial charge < -0.3 is 9.64 Å². The molecule has 5 aromatic carbocycles. The molecule has 0 spiro atoms. The van der Waals surface area contributed by atoms with E-state index >= 15 is 0 Å². The van der Waals surface area contributed by atoms with E-state index in [4.69, 9.17) is 15.0 Å². The van der Waals surface area contributed by atoms with Gasteiger partial charge in [-0.2, -0.15) is 0 Å². The Balaban J connectivity index is 1.30. The summed E-state index contributed by atoms with van der Waals surface area (Å²) < 4.78 is 7.39. The van der Waals surface area contributed by atoms with E-state index in [1.165, 1.54) is 0 Å². The average Bonchev–Trinajstić information content (AvgIpc) is 3.70. The predicted octanol–water partition coefficient (Wildman–Crippen LogP) is 9.14. The summed E-state index contributed by atoms with van der Waals surface area (Å²) in [6.45, 7) is 7.50. The molecule has 0 aliphatic carbocycles. The number of nitrogens with zero attached hydrogens (tertiary/aromatic N) is 6. The molecule has 0 amide bonds. The minimum atomic E-state index is -0.867. The van der Waals surface area contributed by atoms with Crippen LogP contribution in [0.4, 0.5) is 5.82 Å². The van der Waals surface area contributed by atoms with Gasteiger partial charge in [0.15, 0.2) is 5.82 Å². The molecule has 0 radical (unpaired) electrons. The third kappa shape index (κ3) is 6.83. The SMILES string of the molecule is CCCN(Cc1ccc(-c2ccccc2-c2nnnn2C(c2ccccc2)(c2ccccc2)c2ccccc2)cc1)c1nccc(C)c1C(=O)OCC. The molecule has 0 saturated heterocycles. The summed E-state index contributed by atoms with van der Waals surface area (Å²) in [5.41, 5.74) is 7.67.